The lowest BCUT2D eigenvalue weighted by Crippen LogP contribution is -2.43. The molecule has 8 heteroatoms. The fourth-order valence-electron chi connectivity index (χ4n) is 3.45. The molecule has 0 aliphatic heterocycles. The molecule has 1 heterocycles. The van der Waals surface area contributed by atoms with E-state index >= 15 is 0 Å². The van der Waals surface area contributed by atoms with E-state index in [4.69, 9.17) is 0 Å². The first-order valence-electron chi connectivity index (χ1n) is 10.9. The largest absolute Gasteiger partial charge is 0.339 e. The number of aryl methyl sites for hydroxylation is 1. The van der Waals surface area contributed by atoms with Gasteiger partial charge in [-0.25, -0.2) is 0 Å². The SMILES string of the molecule is CCC(=O)CCCCC[C@H](NC(=O)c1snnc1C)C(=O)Nc1ccc2ccccc2c1. The Morgan fingerprint density at radius 3 is 2.53 bits per heavy atom. The van der Waals surface area contributed by atoms with Gasteiger partial charge in [-0.2, -0.15) is 0 Å². The maximum absolute atomic E-state index is 13.0. The van der Waals surface area contributed by atoms with Crippen LogP contribution in [0.5, 0.6) is 0 Å². The molecule has 2 aromatic carbocycles. The van der Waals surface area contributed by atoms with Crippen molar-refractivity contribution in [2.45, 2.75) is 58.4 Å². The zero-order valence-corrected chi connectivity index (χ0v) is 19.2. The zero-order chi connectivity index (χ0) is 22.9. The Bertz CT molecular complexity index is 1100. The standard InChI is InChI=1S/C24H28N4O3S/c1-3-20(29)11-5-4-6-12-21(26-24(31)22-16(2)27-28-32-22)23(30)25-19-14-13-17-9-7-8-10-18(17)15-19/h7-10,13-15,21H,3-6,11-12H2,1-2H3,(H,25,30)(H,26,31)/t21-/m0/s1. The average molecular weight is 453 g/mol. The Kier molecular flexibility index (Phi) is 8.44. The van der Waals surface area contributed by atoms with Crippen molar-refractivity contribution < 1.29 is 14.4 Å². The number of hydrogen-bond donors (Lipinski definition) is 2. The van der Waals surface area contributed by atoms with E-state index in [1.54, 1.807) is 6.92 Å². The minimum absolute atomic E-state index is 0.247. The van der Waals surface area contributed by atoms with Crippen molar-refractivity contribution in [2.24, 2.45) is 0 Å². The van der Waals surface area contributed by atoms with Crippen molar-refractivity contribution in [2.75, 3.05) is 5.32 Å². The van der Waals surface area contributed by atoms with Crippen LogP contribution in [-0.4, -0.2) is 33.2 Å². The molecule has 7 nitrogen and oxygen atoms in total. The van der Waals surface area contributed by atoms with E-state index in [1.165, 1.54) is 0 Å². The van der Waals surface area contributed by atoms with Crippen molar-refractivity contribution in [1.29, 1.82) is 0 Å². The van der Waals surface area contributed by atoms with Crippen molar-refractivity contribution in [3.63, 3.8) is 0 Å². The Balaban J connectivity index is 1.66. The first-order valence-corrected chi connectivity index (χ1v) is 11.7. The van der Waals surface area contributed by atoms with Crippen molar-refractivity contribution in [3.8, 4) is 0 Å². The number of amides is 2. The number of rotatable bonds is 11. The smallest absolute Gasteiger partial charge is 0.265 e. The van der Waals surface area contributed by atoms with Gasteiger partial charge in [0.05, 0.1) is 5.69 Å². The highest BCUT2D eigenvalue weighted by molar-refractivity contribution is 7.08. The molecule has 0 aliphatic rings. The predicted octanol–water partition coefficient (Wildman–Crippen LogP) is 4.67. The van der Waals surface area contributed by atoms with Gasteiger partial charge in [-0.05, 0) is 54.2 Å². The van der Waals surface area contributed by atoms with Crippen LogP contribution in [0.3, 0.4) is 0 Å². The molecule has 0 radical (unpaired) electrons. The molecule has 0 aliphatic carbocycles. The molecule has 0 unspecified atom stereocenters. The molecule has 1 aromatic heterocycles. The third-order valence-corrected chi connectivity index (χ3v) is 6.17. The highest BCUT2D eigenvalue weighted by Crippen LogP contribution is 2.20. The molecule has 168 valence electrons. The lowest BCUT2D eigenvalue weighted by molar-refractivity contribution is -0.119. The number of ketones is 1. The number of nitrogens with zero attached hydrogens (tertiary/aromatic N) is 2. The van der Waals surface area contributed by atoms with Crippen molar-refractivity contribution in [1.82, 2.24) is 14.9 Å². The summed E-state index contributed by atoms with van der Waals surface area (Å²) in [6, 6.07) is 12.9. The number of nitrogens with one attached hydrogen (secondary N) is 2. The highest BCUT2D eigenvalue weighted by Gasteiger charge is 2.23. The molecule has 1 atom stereocenters. The summed E-state index contributed by atoms with van der Waals surface area (Å²) in [5, 5.41) is 11.8. The number of unbranched alkanes of at least 4 members (excludes halogenated alkanes) is 2. The Morgan fingerprint density at radius 1 is 1.03 bits per heavy atom. The van der Waals surface area contributed by atoms with Crippen molar-refractivity contribution >= 4 is 45.6 Å². The summed E-state index contributed by atoms with van der Waals surface area (Å²) in [5.41, 5.74) is 1.22. The van der Waals surface area contributed by atoms with E-state index < -0.39 is 6.04 Å². The van der Waals surface area contributed by atoms with Gasteiger partial charge in [-0.1, -0.05) is 54.6 Å². The van der Waals surface area contributed by atoms with Gasteiger partial charge in [0.15, 0.2) is 0 Å². The monoisotopic (exact) mass is 452 g/mol. The fourth-order valence-corrected chi connectivity index (χ4v) is 4.01. The van der Waals surface area contributed by atoms with Crippen LogP contribution in [0.2, 0.25) is 0 Å². The minimum atomic E-state index is -0.697. The molecule has 0 spiro atoms. The molecule has 0 bridgehead atoms. The van der Waals surface area contributed by atoms with Gasteiger partial charge in [0.1, 0.15) is 16.7 Å². The van der Waals surface area contributed by atoms with Gasteiger partial charge in [0.25, 0.3) is 5.91 Å². The summed E-state index contributed by atoms with van der Waals surface area (Å²) in [5.74, 6) is -0.372. The summed E-state index contributed by atoms with van der Waals surface area (Å²) < 4.78 is 3.80. The molecular weight excluding hydrogens is 424 g/mol. The summed E-state index contributed by atoms with van der Waals surface area (Å²) in [6.45, 7) is 3.58. The van der Waals surface area contributed by atoms with Gasteiger partial charge in [0.2, 0.25) is 5.91 Å². The molecule has 3 aromatic rings. The second-order valence-electron chi connectivity index (χ2n) is 7.76. The third kappa shape index (κ3) is 6.43. The van der Waals surface area contributed by atoms with E-state index in [9.17, 15) is 14.4 Å². The minimum Gasteiger partial charge on any atom is -0.339 e. The van der Waals surface area contributed by atoms with Crippen molar-refractivity contribution in [3.05, 3.63) is 53.0 Å². The zero-order valence-electron chi connectivity index (χ0n) is 18.4. The number of aromatic nitrogens is 2. The lowest BCUT2D eigenvalue weighted by Gasteiger charge is -2.18. The van der Waals surface area contributed by atoms with Crippen LogP contribution in [0.15, 0.2) is 42.5 Å². The topological polar surface area (TPSA) is 101 Å². The maximum atomic E-state index is 13.0. The molecule has 2 N–H and O–H groups in total. The van der Waals surface area contributed by atoms with E-state index in [2.05, 4.69) is 20.2 Å². The number of Topliss-reactive ketones (excluding diaryl/α,β-unsaturated/α-hetero) is 1. The number of carbonyl (C=O) groups excluding carboxylic acids is 3. The summed E-state index contributed by atoms with van der Waals surface area (Å²) >= 11 is 1.01. The number of benzene rings is 2. The number of carbonyl (C=O) groups is 3. The van der Waals surface area contributed by atoms with Gasteiger partial charge in [0, 0.05) is 18.5 Å². The van der Waals surface area contributed by atoms with Crippen LogP contribution >= 0.6 is 11.5 Å². The summed E-state index contributed by atoms with van der Waals surface area (Å²) in [6.07, 6.45) is 3.93. The quantitative estimate of drug-likeness (QED) is 0.412. The van der Waals surface area contributed by atoms with Crippen LogP contribution < -0.4 is 10.6 Å². The Hall–Kier alpha value is -3.13. The predicted molar refractivity (Wildman–Crippen MR) is 127 cm³/mol. The summed E-state index contributed by atoms with van der Waals surface area (Å²) in [4.78, 5) is 37.6. The second-order valence-corrected chi connectivity index (χ2v) is 8.51. The molecule has 32 heavy (non-hydrogen) atoms. The number of anilines is 1. The van der Waals surface area contributed by atoms with Gasteiger partial charge < -0.3 is 10.6 Å². The number of hydrogen-bond acceptors (Lipinski definition) is 6. The van der Waals surface area contributed by atoms with Gasteiger partial charge >= 0.3 is 0 Å². The molecular formula is C24H28N4O3S. The van der Waals surface area contributed by atoms with E-state index in [0.717, 1.165) is 41.6 Å². The van der Waals surface area contributed by atoms with Gasteiger partial charge in [-0.3, -0.25) is 14.4 Å². The molecule has 3 rings (SSSR count). The molecule has 2 amide bonds. The average Bonchev–Trinajstić information content (AvgIpc) is 3.23. The van der Waals surface area contributed by atoms with E-state index in [1.807, 2.05) is 49.4 Å². The molecule has 0 saturated heterocycles. The highest BCUT2D eigenvalue weighted by atomic mass is 32.1. The van der Waals surface area contributed by atoms with Crippen LogP contribution in [0.1, 0.15) is 60.8 Å². The summed E-state index contributed by atoms with van der Waals surface area (Å²) in [7, 11) is 0. The van der Waals surface area contributed by atoms with E-state index in [-0.39, 0.29) is 17.6 Å². The van der Waals surface area contributed by atoms with Gasteiger partial charge in [-0.15, -0.1) is 5.10 Å². The van der Waals surface area contributed by atoms with Crippen LogP contribution in [-0.2, 0) is 9.59 Å². The van der Waals surface area contributed by atoms with E-state index in [0.29, 0.717) is 35.5 Å². The normalized spacial score (nSPS) is 11.8. The lowest BCUT2D eigenvalue weighted by atomic mass is 10.0. The Morgan fingerprint density at radius 2 is 1.81 bits per heavy atom. The fraction of sp³-hybridized carbons (Fsp3) is 0.375. The maximum Gasteiger partial charge on any atom is 0.265 e. The first kappa shape index (κ1) is 23.5. The molecule has 0 saturated carbocycles. The third-order valence-electron chi connectivity index (χ3n) is 5.34. The second kappa shape index (κ2) is 11.5. The van der Waals surface area contributed by atoms with Crippen LogP contribution in [0, 0.1) is 6.92 Å². The van der Waals surface area contributed by atoms with Crippen LogP contribution in [0.25, 0.3) is 10.8 Å². The first-order chi connectivity index (χ1) is 15.5. The molecule has 0 fully saturated rings. The number of fused-ring (bicyclic) bond motifs is 1. The van der Waals surface area contributed by atoms with Crippen LogP contribution in [0.4, 0.5) is 5.69 Å². The Labute approximate surface area is 191 Å².